The molecule has 0 bridgehead atoms. The topological polar surface area (TPSA) is 68.9 Å². The lowest BCUT2D eigenvalue weighted by molar-refractivity contribution is 0.185. The third-order valence-corrected chi connectivity index (χ3v) is 2.97. The Hall–Kier alpha value is -1.80. The van der Waals surface area contributed by atoms with Crippen LogP contribution in [0.4, 0.5) is 5.69 Å². The van der Waals surface area contributed by atoms with Crippen LogP contribution in [0.2, 0.25) is 0 Å². The van der Waals surface area contributed by atoms with Crippen LogP contribution in [0, 0.1) is 0 Å². The lowest BCUT2D eigenvalue weighted by atomic mass is 10.2. The number of guanidine groups is 1. The average Bonchev–Trinajstić information content (AvgIpc) is 2.55. The van der Waals surface area contributed by atoms with Gasteiger partial charge < -0.3 is 20.5 Å². The summed E-state index contributed by atoms with van der Waals surface area (Å²) in [4.78, 5) is 4.25. The number of para-hydroxylation sites is 2. The highest BCUT2D eigenvalue weighted by Gasteiger charge is 2.02. The van der Waals surface area contributed by atoms with Gasteiger partial charge in [-0.1, -0.05) is 36.4 Å². The summed E-state index contributed by atoms with van der Waals surface area (Å²) in [6.07, 6.45) is 0. The van der Waals surface area contributed by atoms with E-state index in [-0.39, 0.29) is 24.0 Å². The third-order valence-electron chi connectivity index (χ3n) is 2.97. The van der Waals surface area contributed by atoms with Gasteiger partial charge in [0.2, 0.25) is 0 Å². The number of nitrogens with zero attached hydrogens (tertiary/aromatic N) is 1. The van der Waals surface area contributed by atoms with Crippen molar-refractivity contribution in [2.45, 2.75) is 6.61 Å². The minimum atomic E-state index is 0. The van der Waals surface area contributed by atoms with E-state index >= 15 is 0 Å². The number of halogens is 1. The number of methoxy groups -OCH3 is 1. The number of anilines is 1. The van der Waals surface area contributed by atoms with Crippen LogP contribution in [0.3, 0.4) is 0 Å². The van der Waals surface area contributed by atoms with Crippen molar-refractivity contribution >= 4 is 35.6 Å². The predicted octanol–water partition coefficient (Wildman–Crippen LogP) is 3.26. The minimum Gasteiger partial charge on any atom is -0.492 e. The number of hydrogen-bond donors (Lipinski definition) is 2. The molecule has 0 fully saturated rings. The summed E-state index contributed by atoms with van der Waals surface area (Å²) >= 11 is 0. The molecule has 0 radical (unpaired) electrons. The molecule has 23 heavy (non-hydrogen) atoms. The van der Waals surface area contributed by atoms with Gasteiger partial charge in [-0.25, -0.2) is 4.99 Å². The first-order chi connectivity index (χ1) is 10.8. The van der Waals surface area contributed by atoms with Crippen molar-refractivity contribution in [3.63, 3.8) is 0 Å². The van der Waals surface area contributed by atoms with Crippen LogP contribution in [0.25, 0.3) is 0 Å². The second kappa shape index (κ2) is 10.8. The molecule has 2 rings (SSSR count). The zero-order valence-corrected chi connectivity index (χ0v) is 15.4. The van der Waals surface area contributed by atoms with E-state index in [4.69, 9.17) is 15.2 Å². The highest BCUT2D eigenvalue weighted by Crippen LogP contribution is 2.15. The Labute approximate surface area is 153 Å². The Balaban J connectivity index is 0.00000264. The van der Waals surface area contributed by atoms with Crippen molar-refractivity contribution in [3.8, 4) is 5.75 Å². The Morgan fingerprint density at radius 1 is 1.09 bits per heavy atom. The lowest BCUT2D eigenvalue weighted by Gasteiger charge is -2.11. The van der Waals surface area contributed by atoms with Crippen LogP contribution in [-0.4, -0.2) is 26.2 Å². The maximum Gasteiger partial charge on any atom is 0.193 e. The number of ether oxygens (including phenoxy) is 2. The number of aliphatic imine (C=N–C) groups is 1. The molecule has 0 spiro atoms. The van der Waals surface area contributed by atoms with Crippen molar-refractivity contribution in [3.05, 3.63) is 60.2 Å². The quantitative estimate of drug-likeness (QED) is 0.308. The standard InChI is InChI=1S/C17H21N3O2.HI/c1-21-13-14-7-5-6-10-16(14)20-17(18)19-11-12-22-15-8-3-2-4-9-15;/h2-10H,11-13H2,1H3,(H3,18,19,20);1H. The largest absolute Gasteiger partial charge is 0.492 e. The van der Waals surface area contributed by atoms with Crippen LogP contribution in [0.1, 0.15) is 5.56 Å². The molecule has 0 aliphatic carbocycles. The van der Waals surface area contributed by atoms with Gasteiger partial charge in [0.05, 0.1) is 13.2 Å². The molecular formula is C17H22IN3O2. The zero-order chi connectivity index (χ0) is 15.6. The van der Waals surface area contributed by atoms with Crippen molar-refractivity contribution < 1.29 is 9.47 Å². The first-order valence-electron chi connectivity index (χ1n) is 7.11. The first-order valence-corrected chi connectivity index (χ1v) is 7.11. The fourth-order valence-electron chi connectivity index (χ4n) is 1.95. The second-order valence-corrected chi connectivity index (χ2v) is 4.64. The number of benzene rings is 2. The fourth-order valence-corrected chi connectivity index (χ4v) is 1.95. The molecule has 0 saturated carbocycles. The smallest absolute Gasteiger partial charge is 0.193 e. The van der Waals surface area contributed by atoms with Gasteiger partial charge in [-0.05, 0) is 18.2 Å². The molecule has 0 unspecified atom stereocenters. The molecule has 5 nitrogen and oxygen atoms in total. The fraction of sp³-hybridized carbons (Fsp3) is 0.235. The summed E-state index contributed by atoms with van der Waals surface area (Å²) < 4.78 is 10.7. The summed E-state index contributed by atoms with van der Waals surface area (Å²) in [5.41, 5.74) is 7.82. The van der Waals surface area contributed by atoms with Gasteiger partial charge in [-0.15, -0.1) is 24.0 Å². The van der Waals surface area contributed by atoms with Gasteiger partial charge in [-0.2, -0.15) is 0 Å². The van der Waals surface area contributed by atoms with Crippen molar-refractivity contribution in [2.75, 3.05) is 25.6 Å². The van der Waals surface area contributed by atoms with E-state index in [1.165, 1.54) is 0 Å². The molecule has 0 aromatic heterocycles. The Bertz CT molecular complexity index is 606. The van der Waals surface area contributed by atoms with Crippen LogP contribution in [0.15, 0.2) is 59.6 Å². The van der Waals surface area contributed by atoms with Crippen molar-refractivity contribution in [1.29, 1.82) is 0 Å². The monoisotopic (exact) mass is 427 g/mol. The molecule has 0 aliphatic heterocycles. The van der Waals surface area contributed by atoms with E-state index in [0.29, 0.717) is 25.7 Å². The number of hydrogen-bond acceptors (Lipinski definition) is 3. The molecule has 124 valence electrons. The van der Waals surface area contributed by atoms with Gasteiger partial charge in [-0.3, -0.25) is 0 Å². The van der Waals surface area contributed by atoms with E-state index in [1.807, 2.05) is 54.6 Å². The van der Waals surface area contributed by atoms with Crippen LogP contribution < -0.4 is 15.8 Å². The summed E-state index contributed by atoms with van der Waals surface area (Å²) in [6, 6.07) is 17.5. The number of rotatable bonds is 7. The van der Waals surface area contributed by atoms with E-state index in [1.54, 1.807) is 7.11 Å². The molecule has 6 heteroatoms. The minimum absolute atomic E-state index is 0. The summed E-state index contributed by atoms with van der Waals surface area (Å²) in [5.74, 6) is 1.19. The summed E-state index contributed by atoms with van der Waals surface area (Å²) in [7, 11) is 1.66. The van der Waals surface area contributed by atoms with Crippen LogP contribution >= 0.6 is 24.0 Å². The van der Waals surface area contributed by atoms with E-state index in [9.17, 15) is 0 Å². The van der Waals surface area contributed by atoms with Crippen LogP contribution in [-0.2, 0) is 11.3 Å². The first kappa shape index (κ1) is 19.2. The normalized spacial score (nSPS) is 10.7. The number of nitrogens with two attached hydrogens (primary N) is 1. The van der Waals surface area contributed by atoms with E-state index < -0.39 is 0 Å². The Kier molecular flexibility index (Phi) is 9.08. The molecule has 0 aliphatic rings. The number of nitrogens with one attached hydrogen (secondary N) is 1. The highest BCUT2D eigenvalue weighted by atomic mass is 127. The molecule has 0 atom stereocenters. The molecular weight excluding hydrogens is 405 g/mol. The predicted molar refractivity (Wildman–Crippen MR) is 105 cm³/mol. The zero-order valence-electron chi connectivity index (χ0n) is 13.1. The molecule has 3 N–H and O–H groups in total. The van der Waals surface area contributed by atoms with Gasteiger partial charge >= 0.3 is 0 Å². The van der Waals surface area contributed by atoms with Gasteiger partial charge in [0, 0.05) is 18.4 Å². The van der Waals surface area contributed by atoms with E-state index in [0.717, 1.165) is 17.0 Å². The molecule has 2 aromatic carbocycles. The van der Waals surface area contributed by atoms with Crippen molar-refractivity contribution in [2.24, 2.45) is 10.7 Å². The third kappa shape index (κ3) is 6.87. The van der Waals surface area contributed by atoms with Gasteiger partial charge in [0.25, 0.3) is 0 Å². The maximum atomic E-state index is 5.89. The van der Waals surface area contributed by atoms with Crippen LogP contribution in [0.5, 0.6) is 5.75 Å². The lowest BCUT2D eigenvalue weighted by Crippen LogP contribution is -2.24. The molecule has 0 saturated heterocycles. The Morgan fingerprint density at radius 2 is 1.78 bits per heavy atom. The summed E-state index contributed by atoms with van der Waals surface area (Å²) in [6.45, 7) is 1.49. The molecule has 2 aromatic rings. The average molecular weight is 427 g/mol. The molecule has 0 heterocycles. The maximum absolute atomic E-state index is 5.89. The van der Waals surface area contributed by atoms with E-state index in [2.05, 4.69) is 10.3 Å². The SMILES string of the molecule is COCc1ccccc1NC(N)=NCCOc1ccccc1.I. The van der Waals surface area contributed by atoms with Gasteiger partial charge in [0.1, 0.15) is 12.4 Å². The molecule has 0 amide bonds. The Morgan fingerprint density at radius 3 is 2.52 bits per heavy atom. The van der Waals surface area contributed by atoms with Crippen molar-refractivity contribution in [1.82, 2.24) is 0 Å². The van der Waals surface area contributed by atoms with Gasteiger partial charge in [0.15, 0.2) is 5.96 Å². The second-order valence-electron chi connectivity index (χ2n) is 4.64. The highest BCUT2D eigenvalue weighted by molar-refractivity contribution is 14.0. The summed E-state index contributed by atoms with van der Waals surface area (Å²) in [5, 5.41) is 3.09.